The van der Waals surface area contributed by atoms with Crippen LogP contribution in [0.15, 0.2) is 48.5 Å². The topological polar surface area (TPSA) is 37.4 Å². The van der Waals surface area contributed by atoms with Gasteiger partial charge in [-0.2, -0.15) is 0 Å². The van der Waals surface area contributed by atoms with E-state index in [1.807, 2.05) is 0 Å². The molecule has 0 bridgehead atoms. The van der Waals surface area contributed by atoms with Gasteiger partial charge in [-0.1, -0.05) is 24.3 Å². The lowest BCUT2D eigenvalue weighted by molar-refractivity contribution is 0.0639. The molecule has 2 aromatic carbocycles. The molecule has 0 saturated heterocycles. The van der Waals surface area contributed by atoms with Crippen molar-refractivity contribution in [2.75, 3.05) is 0 Å². The van der Waals surface area contributed by atoms with Crippen LogP contribution in [0.1, 0.15) is 38.6 Å². The highest BCUT2D eigenvalue weighted by Crippen LogP contribution is 2.47. The fraction of sp³-hybridized carbons (Fsp3) is 0.176. The molecule has 2 aliphatic rings. The van der Waals surface area contributed by atoms with Crippen molar-refractivity contribution in [3.8, 4) is 0 Å². The van der Waals surface area contributed by atoms with Gasteiger partial charge in [-0.3, -0.25) is 14.5 Å². The molecule has 1 fully saturated rings. The molecule has 2 amide bonds. The second kappa shape index (κ2) is 4.25. The van der Waals surface area contributed by atoms with Gasteiger partial charge in [0.1, 0.15) is 5.82 Å². The summed E-state index contributed by atoms with van der Waals surface area (Å²) in [6.07, 6.45) is 0.747. The Kier molecular flexibility index (Phi) is 2.48. The third-order valence-electron chi connectivity index (χ3n) is 4.21. The first-order chi connectivity index (χ1) is 10.2. The number of halogens is 1. The average Bonchev–Trinajstić information content (AvgIpc) is 3.23. The Morgan fingerprint density at radius 1 is 0.905 bits per heavy atom. The summed E-state index contributed by atoms with van der Waals surface area (Å²) < 4.78 is 13.0. The van der Waals surface area contributed by atoms with Gasteiger partial charge >= 0.3 is 0 Å². The Balaban J connectivity index is 1.61. The first-order valence-corrected chi connectivity index (χ1v) is 6.89. The molecule has 0 spiro atoms. The number of nitrogens with zero attached hydrogens (tertiary/aromatic N) is 1. The van der Waals surface area contributed by atoms with E-state index in [4.69, 9.17) is 0 Å². The molecule has 2 aromatic rings. The van der Waals surface area contributed by atoms with Gasteiger partial charge in [0, 0.05) is 12.0 Å². The van der Waals surface area contributed by atoms with Crippen LogP contribution in [0, 0.1) is 5.82 Å². The molecule has 21 heavy (non-hydrogen) atoms. The van der Waals surface area contributed by atoms with Crippen molar-refractivity contribution in [1.82, 2.24) is 4.90 Å². The molecule has 0 N–H and O–H groups in total. The first-order valence-electron chi connectivity index (χ1n) is 6.89. The molecule has 4 heteroatoms. The molecular formula is C17H12FNO2. The predicted octanol–water partition coefficient (Wildman–Crippen LogP) is 2.98. The standard InChI is InChI=1S/C17H12FNO2/c18-11-7-5-10(6-8-11)14-9-15(14)19-16(20)12-3-1-2-4-13(12)17(19)21/h1-8,14-15H,9H2. The summed E-state index contributed by atoms with van der Waals surface area (Å²) in [7, 11) is 0. The first kappa shape index (κ1) is 12.3. The van der Waals surface area contributed by atoms with Crippen molar-refractivity contribution >= 4 is 11.8 Å². The van der Waals surface area contributed by atoms with E-state index in [0.717, 1.165) is 12.0 Å². The van der Waals surface area contributed by atoms with Gasteiger partial charge in [-0.05, 0) is 36.2 Å². The zero-order valence-electron chi connectivity index (χ0n) is 11.1. The second-order valence-corrected chi connectivity index (χ2v) is 5.49. The van der Waals surface area contributed by atoms with Gasteiger partial charge < -0.3 is 0 Å². The quantitative estimate of drug-likeness (QED) is 0.794. The lowest BCUT2D eigenvalue weighted by Crippen LogP contribution is -2.32. The third-order valence-corrected chi connectivity index (χ3v) is 4.21. The maximum Gasteiger partial charge on any atom is 0.261 e. The van der Waals surface area contributed by atoms with E-state index < -0.39 is 0 Å². The summed E-state index contributed by atoms with van der Waals surface area (Å²) in [6, 6.07) is 13.0. The molecule has 0 aromatic heterocycles. The van der Waals surface area contributed by atoms with E-state index in [-0.39, 0.29) is 29.6 Å². The van der Waals surface area contributed by atoms with Crippen molar-refractivity contribution in [2.45, 2.75) is 18.4 Å². The van der Waals surface area contributed by atoms with Gasteiger partial charge in [0.2, 0.25) is 0 Å². The third kappa shape index (κ3) is 1.79. The number of rotatable bonds is 2. The Morgan fingerprint density at radius 2 is 1.48 bits per heavy atom. The minimum Gasteiger partial charge on any atom is -0.271 e. The zero-order valence-corrected chi connectivity index (χ0v) is 11.1. The Labute approximate surface area is 121 Å². The van der Waals surface area contributed by atoms with Crippen LogP contribution in [0.25, 0.3) is 0 Å². The maximum absolute atomic E-state index is 13.0. The van der Waals surface area contributed by atoms with Crippen LogP contribution in [-0.4, -0.2) is 22.8 Å². The number of hydrogen-bond acceptors (Lipinski definition) is 2. The molecule has 104 valence electrons. The van der Waals surface area contributed by atoms with Crippen LogP contribution < -0.4 is 0 Å². The van der Waals surface area contributed by atoms with Crippen molar-refractivity contribution in [2.24, 2.45) is 0 Å². The molecule has 0 radical (unpaired) electrons. The number of carbonyl (C=O) groups excluding carboxylic acids is 2. The van der Waals surface area contributed by atoms with E-state index in [1.54, 1.807) is 36.4 Å². The Hall–Kier alpha value is -2.49. The fourth-order valence-electron chi connectivity index (χ4n) is 3.04. The van der Waals surface area contributed by atoms with Gasteiger partial charge in [0.25, 0.3) is 11.8 Å². The van der Waals surface area contributed by atoms with E-state index >= 15 is 0 Å². The van der Waals surface area contributed by atoms with Crippen LogP contribution in [0.5, 0.6) is 0 Å². The zero-order chi connectivity index (χ0) is 14.6. The van der Waals surface area contributed by atoms with Crippen molar-refractivity contribution in [1.29, 1.82) is 0 Å². The number of benzene rings is 2. The summed E-state index contributed by atoms with van der Waals surface area (Å²) in [5, 5.41) is 0. The van der Waals surface area contributed by atoms with Gasteiger partial charge in [0.15, 0.2) is 0 Å². The highest BCUT2D eigenvalue weighted by Gasteiger charge is 2.51. The monoisotopic (exact) mass is 281 g/mol. The normalized spacial score (nSPS) is 23.4. The van der Waals surface area contributed by atoms with Crippen LogP contribution in [0.4, 0.5) is 4.39 Å². The fourth-order valence-corrected chi connectivity index (χ4v) is 3.04. The molecule has 2 unspecified atom stereocenters. The van der Waals surface area contributed by atoms with E-state index in [9.17, 15) is 14.0 Å². The lowest BCUT2D eigenvalue weighted by atomic mass is 10.1. The van der Waals surface area contributed by atoms with E-state index in [2.05, 4.69) is 0 Å². The van der Waals surface area contributed by atoms with Crippen LogP contribution in [0.3, 0.4) is 0 Å². The summed E-state index contributed by atoms with van der Waals surface area (Å²) in [4.78, 5) is 26.1. The summed E-state index contributed by atoms with van der Waals surface area (Å²) in [5.74, 6) is -0.597. The summed E-state index contributed by atoms with van der Waals surface area (Å²) in [6.45, 7) is 0. The van der Waals surface area contributed by atoms with Crippen LogP contribution in [-0.2, 0) is 0 Å². The highest BCUT2D eigenvalue weighted by atomic mass is 19.1. The predicted molar refractivity (Wildman–Crippen MR) is 74.5 cm³/mol. The maximum atomic E-state index is 13.0. The largest absolute Gasteiger partial charge is 0.271 e. The molecule has 3 nitrogen and oxygen atoms in total. The Bertz CT molecular complexity index is 719. The number of amides is 2. The molecule has 1 aliphatic heterocycles. The smallest absolute Gasteiger partial charge is 0.261 e. The second-order valence-electron chi connectivity index (χ2n) is 5.49. The molecule has 4 rings (SSSR count). The van der Waals surface area contributed by atoms with Gasteiger partial charge in [-0.25, -0.2) is 4.39 Å². The minimum absolute atomic E-state index is 0.108. The number of imide groups is 1. The Morgan fingerprint density at radius 3 is 2.05 bits per heavy atom. The van der Waals surface area contributed by atoms with E-state index in [1.165, 1.54) is 17.0 Å². The lowest BCUT2D eigenvalue weighted by Gasteiger charge is -2.13. The number of hydrogen-bond donors (Lipinski definition) is 0. The van der Waals surface area contributed by atoms with Gasteiger partial charge in [-0.15, -0.1) is 0 Å². The average molecular weight is 281 g/mol. The minimum atomic E-state index is -0.281. The van der Waals surface area contributed by atoms with Crippen molar-refractivity contribution < 1.29 is 14.0 Å². The highest BCUT2D eigenvalue weighted by molar-refractivity contribution is 6.21. The van der Waals surface area contributed by atoms with E-state index in [0.29, 0.717) is 11.1 Å². The van der Waals surface area contributed by atoms with Crippen LogP contribution in [0.2, 0.25) is 0 Å². The SMILES string of the molecule is O=C1c2ccccc2C(=O)N1C1CC1c1ccc(F)cc1. The molecule has 1 heterocycles. The van der Waals surface area contributed by atoms with Crippen molar-refractivity contribution in [3.05, 3.63) is 71.0 Å². The molecule has 2 atom stereocenters. The number of carbonyl (C=O) groups is 2. The molecule has 1 saturated carbocycles. The van der Waals surface area contributed by atoms with Crippen molar-refractivity contribution in [3.63, 3.8) is 0 Å². The number of fused-ring (bicyclic) bond motifs is 1. The van der Waals surface area contributed by atoms with Gasteiger partial charge in [0.05, 0.1) is 11.1 Å². The summed E-state index contributed by atoms with van der Waals surface area (Å²) in [5.41, 5.74) is 1.93. The molecular weight excluding hydrogens is 269 g/mol. The summed E-state index contributed by atoms with van der Waals surface area (Å²) >= 11 is 0. The molecule has 1 aliphatic carbocycles. The van der Waals surface area contributed by atoms with Crippen LogP contribution >= 0.6 is 0 Å².